The van der Waals surface area contributed by atoms with Crippen molar-refractivity contribution in [2.45, 2.75) is 37.9 Å². The van der Waals surface area contributed by atoms with Gasteiger partial charge < -0.3 is 9.64 Å². The molecule has 4 heterocycles. The highest BCUT2D eigenvalue weighted by molar-refractivity contribution is 7.99. The molecule has 0 radical (unpaired) electrons. The van der Waals surface area contributed by atoms with Crippen LogP contribution in [-0.4, -0.2) is 64.3 Å². The summed E-state index contributed by atoms with van der Waals surface area (Å²) in [5.41, 5.74) is 1.78. The van der Waals surface area contributed by atoms with Crippen molar-refractivity contribution in [3.63, 3.8) is 0 Å². The number of thioether (sulfide) groups is 1. The van der Waals surface area contributed by atoms with Gasteiger partial charge in [-0.1, -0.05) is 24.8 Å². The predicted molar refractivity (Wildman–Crippen MR) is 133 cm³/mol. The van der Waals surface area contributed by atoms with E-state index < -0.39 is 0 Å². The van der Waals surface area contributed by atoms with Gasteiger partial charge in [-0.15, -0.1) is 11.3 Å². The van der Waals surface area contributed by atoms with E-state index in [-0.39, 0.29) is 17.2 Å². The number of thiophene rings is 1. The van der Waals surface area contributed by atoms with Crippen LogP contribution in [0.15, 0.2) is 34.2 Å². The van der Waals surface area contributed by atoms with Crippen LogP contribution in [-0.2, 0) is 17.8 Å². The number of hydrogen-bond donors (Lipinski definition) is 0. The average molecular weight is 485 g/mol. The first kappa shape index (κ1) is 22.4. The van der Waals surface area contributed by atoms with Gasteiger partial charge in [0, 0.05) is 37.1 Å². The third kappa shape index (κ3) is 4.29. The number of hydrogen-bond acceptors (Lipinski definition) is 7. The van der Waals surface area contributed by atoms with Gasteiger partial charge >= 0.3 is 0 Å². The molecule has 0 unspecified atom stereocenters. The quantitative estimate of drug-likeness (QED) is 0.394. The SMILES string of the molecule is CCN1CCc2c(sc3nc(SCC(=O)N4CCCC4)n(-c4cccc(OC)c4)c(=O)c23)C1. The highest BCUT2D eigenvalue weighted by Gasteiger charge is 2.26. The minimum Gasteiger partial charge on any atom is -0.497 e. The van der Waals surface area contributed by atoms with Gasteiger partial charge in [0.25, 0.3) is 5.56 Å². The van der Waals surface area contributed by atoms with E-state index in [1.54, 1.807) is 23.0 Å². The highest BCUT2D eigenvalue weighted by atomic mass is 32.2. The maximum Gasteiger partial charge on any atom is 0.267 e. The van der Waals surface area contributed by atoms with Gasteiger partial charge in [-0.25, -0.2) is 4.98 Å². The third-order valence-corrected chi connectivity index (χ3v) is 8.50. The van der Waals surface area contributed by atoms with Crippen LogP contribution >= 0.6 is 23.1 Å². The molecule has 33 heavy (non-hydrogen) atoms. The van der Waals surface area contributed by atoms with Gasteiger partial charge in [0.05, 0.1) is 23.9 Å². The Kier molecular flexibility index (Phi) is 6.44. The molecule has 0 N–H and O–H groups in total. The van der Waals surface area contributed by atoms with Crippen molar-refractivity contribution in [1.29, 1.82) is 0 Å². The first-order valence-electron chi connectivity index (χ1n) is 11.4. The molecule has 2 aromatic heterocycles. The van der Waals surface area contributed by atoms with Crippen molar-refractivity contribution in [3.05, 3.63) is 45.1 Å². The molecule has 174 valence electrons. The molecule has 5 rings (SSSR count). The number of methoxy groups -OCH3 is 1. The second kappa shape index (κ2) is 9.48. The van der Waals surface area contributed by atoms with E-state index in [1.165, 1.54) is 16.6 Å². The first-order valence-corrected chi connectivity index (χ1v) is 13.2. The number of fused-ring (bicyclic) bond motifs is 3. The van der Waals surface area contributed by atoms with Gasteiger partial charge in [-0.3, -0.25) is 19.1 Å². The molecular weight excluding hydrogens is 456 g/mol. The highest BCUT2D eigenvalue weighted by Crippen LogP contribution is 2.34. The summed E-state index contributed by atoms with van der Waals surface area (Å²) in [5, 5.41) is 1.28. The number of likely N-dealkylation sites (tertiary alicyclic amines) is 1. The van der Waals surface area contributed by atoms with Crippen LogP contribution in [0.1, 0.15) is 30.2 Å². The van der Waals surface area contributed by atoms with Crippen molar-refractivity contribution in [1.82, 2.24) is 19.4 Å². The Labute approximate surface area is 201 Å². The Morgan fingerprint density at radius 2 is 2.06 bits per heavy atom. The van der Waals surface area contributed by atoms with E-state index >= 15 is 0 Å². The molecular formula is C24H28N4O3S2. The summed E-state index contributed by atoms with van der Waals surface area (Å²) in [4.78, 5) is 37.9. The number of ether oxygens (including phenoxy) is 1. The number of amides is 1. The summed E-state index contributed by atoms with van der Waals surface area (Å²) in [6.07, 6.45) is 2.98. The lowest BCUT2D eigenvalue weighted by atomic mass is 10.1. The smallest absolute Gasteiger partial charge is 0.267 e. The van der Waals surface area contributed by atoms with Crippen molar-refractivity contribution in [2.75, 3.05) is 39.0 Å². The zero-order chi connectivity index (χ0) is 22.9. The summed E-state index contributed by atoms with van der Waals surface area (Å²) >= 11 is 2.97. The van der Waals surface area contributed by atoms with Crippen LogP contribution in [0.5, 0.6) is 5.75 Å². The number of likely N-dealkylation sites (N-methyl/N-ethyl adjacent to an activating group) is 1. The van der Waals surface area contributed by atoms with Gasteiger partial charge in [0.15, 0.2) is 5.16 Å². The fraction of sp³-hybridized carbons (Fsp3) is 0.458. The van der Waals surface area contributed by atoms with E-state index in [4.69, 9.17) is 9.72 Å². The summed E-state index contributed by atoms with van der Waals surface area (Å²) in [6, 6.07) is 7.47. The van der Waals surface area contributed by atoms with Gasteiger partial charge in [0.1, 0.15) is 10.6 Å². The second-order valence-corrected chi connectivity index (χ2v) is 10.4. The monoisotopic (exact) mass is 484 g/mol. The average Bonchev–Trinajstić information content (AvgIpc) is 3.50. The Bertz CT molecular complexity index is 1250. The van der Waals surface area contributed by atoms with E-state index in [0.717, 1.165) is 67.8 Å². The Balaban J connectivity index is 1.60. The third-order valence-electron chi connectivity index (χ3n) is 6.47. The molecule has 0 atom stereocenters. The van der Waals surface area contributed by atoms with Crippen LogP contribution < -0.4 is 10.3 Å². The molecule has 1 saturated heterocycles. The lowest BCUT2D eigenvalue weighted by Gasteiger charge is -2.25. The van der Waals surface area contributed by atoms with Crippen molar-refractivity contribution in [2.24, 2.45) is 0 Å². The lowest BCUT2D eigenvalue weighted by Crippen LogP contribution is -2.30. The van der Waals surface area contributed by atoms with Crippen molar-refractivity contribution >= 4 is 39.2 Å². The van der Waals surface area contributed by atoms with E-state index in [2.05, 4.69) is 11.8 Å². The van der Waals surface area contributed by atoms with Crippen molar-refractivity contribution < 1.29 is 9.53 Å². The summed E-state index contributed by atoms with van der Waals surface area (Å²) in [5.74, 6) is 1.05. The molecule has 7 nitrogen and oxygen atoms in total. The second-order valence-electron chi connectivity index (χ2n) is 8.42. The summed E-state index contributed by atoms with van der Waals surface area (Å²) < 4.78 is 7.06. The number of carbonyl (C=O) groups excluding carboxylic acids is 1. The Hall–Kier alpha value is -2.36. The predicted octanol–water partition coefficient (Wildman–Crippen LogP) is 3.55. The Morgan fingerprint density at radius 1 is 1.24 bits per heavy atom. The molecule has 0 aliphatic carbocycles. The standard InChI is InChI=1S/C24H28N4O3S2/c1-3-26-12-9-18-19(14-26)33-22-21(18)23(30)28(16-7-6-8-17(13-16)31-2)24(25-22)32-15-20(29)27-10-4-5-11-27/h6-8,13H,3-5,9-12,14-15H2,1-2H3. The fourth-order valence-electron chi connectivity index (χ4n) is 4.60. The lowest BCUT2D eigenvalue weighted by molar-refractivity contribution is -0.127. The van der Waals surface area contributed by atoms with E-state index in [0.29, 0.717) is 16.6 Å². The molecule has 1 aromatic carbocycles. The van der Waals surface area contributed by atoms with Gasteiger partial charge in [-0.05, 0) is 43.5 Å². The van der Waals surface area contributed by atoms with Crippen LogP contribution in [0, 0.1) is 0 Å². The minimum atomic E-state index is -0.0631. The largest absolute Gasteiger partial charge is 0.497 e. The van der Waals surface area contributed by atoms with Crippen LogP contribution in [0.3, 0.4) is 0 Å². The number of nitrogens with zero attached hydrogens (tertiary/aromatic N) is 4. The molecule has 2 aliphatic heterocycles. The maximum absolute atomic E-state index is 13.9. The zero-order valence-corrected chi connectivity index (χ0v) is 20.6. The van der Waals surface area contributed by atoms with Gasteiger partial charge in [0.2, 0.25) is 5.91 Å². The normalized spacial score (nSPS) is 16.4. The first-order chi connectivity index (χ1) is 16.1. The van der Waals surface area contributed by atoms with Crippen molar-refractivity contribution in [3.8, 4) is 11.4 Å². The van der Waals surface area contributed by atoms with Crippen LogP contribution in [0.4, 0.5) is 0 Å². The molecule has 3 aromatic rings. The van der Waals surface area contributed by atoms with Crippen LogP contribution in [0.2, 0.25) is 0 Å². The molecule has 0 bridgehead atoms. The molecule has 0 saturated carbocycles. The van der Waals surface area contributed by atoms with E-state index in [1.807, 2.05) is 29.2 Å². The van der Waals surface area contributed by atoms with Gasteiger partial charge in [-0.2, -0.15) is 0 Å². The van der Waals surface area contributed by atoms with E-state index in [9.17, 15) is 9.59 Å². The zero-order valence-electron chi connectivity index (χ0n) is 19.0. The minimum absolute atomic E-state index is 0.0631. The van der Waals surface area contributed by atoms with Crippen LogP contribution in [0.25, 0.3) is 15.9 Å². The number of aromatic nitrogens is 2. The Morgan fingerprint density at radius 3 is 2.82 bits per heavy atom. The topological polar surface area (TPSA) is 67.7 Å². The number of rotatable bonds is 6. The molecule has 0 spiro atoms. The fourth-order valence-corrected chi connectivity index (χ4v) is 6.82. The molecule has 1 amide bonds. The number of carbonyl (C=O) groups is 1. The molecule has 1 fully saturated rings. The summed E-state index contributed by atoms with van der Waals surface area (Å²) in [7, 11) is 1.61. The maximum atomic E-state index is 13.9. The number of benzene rings is 1. The molecule has 9 heteroatoms. The summed E-state index contributed by atoms with van der Waals surface area (Å²) in [6.45, 7) is 6.61. The molecule has 2 aliphatic rings.